The van der Waals surface area contributed by atoms with Gasteiger partial charge >= 0.3 is 0 Å². The van der Waals surface area contributed by atoms with Gasteiger partial charge in [-0.3, -0.25) is 9.79 Å². The van der Waals surface area contributed by atoms with E-state index in [0.717, 1.165) is 56.7 Å². The largest absolute Gasteiger partial charge is 0.496 e. The average Bonchev–Trinajstić information content (AvgIpc) is 2.69. The molecule has 1 aliphatic rings. The fraction of sp³-hybridized carbons (Fsp3) is 0.600. The smallest absolute Gasteiger partial charge is 0.219 e. The van der Waals surface area contributed by atoms with Crippen molar-refractivity contribution in [2.75, 3.05) is 52.1 Å². The number of carbonyl (C=O) groups is 1. The second-order valence-electron chi connectivity index (χ2n) is 6.75. The van der Waals surface area contributed by atoms with Gasteiger partial charge in [0.25, 0.3) is 0 Å². The van der Waals surface area contributed by atoms with Crippen molar-refractivity contribution >= 4 is 47.6 Å². The fourth-order valence-corrected chi connectivity index (χ4v) is 3.96. The number of para-hydroxylation sites is 1. The molecule has 0 spiro atoms. The highest BCUT2D eigenvalue weighted by molar-refractivity contribution is 14.0. The number of nitrogens with zero attached hydrogens (tertiary/aromatic N) is 3. The van der Waals surface area contributed by atoms with Crippen LogP contribution in [-0.4, -0.2) is 73.8 Å². The van der Waals surface area contributed by atoms with Crippen LogP contribution in [0.15, 0.2) is 34.2 Å². The van der Waals surface area contributed by atoms with Crippen molar-refractivity contribution in [3.05, 3.63) is 24.3 Å². The van der Waals surface area contributed by atoms with Gasteiger partial charge in [0, 0.05) is 56.8 Å². The van der Waals surface area contributed by atoms with Crippen LogP contribution in [0.5, 0.6) is 5.75 Å². The van der Waals surface area contributed by atoms with E-state index in [9.17, 15) is 4.79 Å². The van der Waals surface area contributed by atoms with Gasteiger partial charge in [0.1, 0.15) is 5.75 Å². The third kappa shape index (κ3) is 7.69. The van der Waals surface area contributed by atoms with Crippen LogP contribution in [0.4, 0.5) is 0 Å². The van der Waals surface area contributed by atoms with Crippen molar-refractivity contribution in [2.24, 2.45) is 10.9 Å². The Bertz CT molecular complexity index is 636. The van der Waals surface area contributed by atoms with E-state index >= 15 is 0 Å². The number of aliphatic imine (C=N–C) groups is 1. The summed E-state index contributed by atoms with van der Waals surface area (Å²) < 4.78 is 5.42. The van der Waals surface area contributed by atoms with Crippen molar-refractivity contribution in [3.8, 4) is 5.75 Å². The van der Waals surface area contributed by atoms with Crippen molar-refractivity contribution in [1.82, 2.24) is 15.1 Å². The van der Waals surface area contributed by atoms with E-state index in [1.807, 2.05) is 34.9 Å². The van der Waals surface area contributed by atoms with Crippen molar-refractivity contribution < 1.29 is 9.53 Å². The normalized spacial score (nSPS) is 15.6. The summed E-state index contributed by atoms with van der Waals surface area (Å²) in [6.07, 6.45) is 0. The number of guanidine groups is 1. The maximum atomic E-state index is 11.5. The first-order valence-corrected chi connectivity index (χ1v) is 10.6. The third-order valence-electron chi connectivity index (χ3n) is 4.50. The molecule has 0 aromatic heterocycles. The summed E-state index contributed by atoms with van der Waals surface area (Å²) in [5.74, 6) is 3.47. The lowest BCUT2D eigenvalue weighted by Gasteiger charge is -2.36. The van der Waals surface area contributed by atoms with E-state index in [-0.39, 0.29) is 29.9 Å². The molecule has 1 heterocycles. The van der Waals surface area contributed by atoms with Crippen LogP contribution < -0.4 is 10.1 Å². The van der Waals surface area contributed by atoms with Gasteiger partial charge in [-0.2, -0.15) is 0 Å². The summed E-state index contributed by atoms with van der Waals surface area (Å²) in [7, 11) is 1.71. The van der Waals surface area contributed by atoms with Crippen LogP contribution in [0, 0.1) is 5.92 Å². The van der Waals surface area contributed by atoms with Crippen molar-refractivity contribution in [2.45, 2.75) is 25.7 Å². The Balaban J connectivity index is 0.00000392. The quantitative estimate of drug-likeness (QED) is 0.259. The molecule has 1 aliphatic heterocycles. The van der Waals surface area contributed by atoms with Gasteiger partial charge in [0.05, 0.1) is 7.11 Å². The van der Waals surface area contributed by atoms with Crippen molar-refractivity contribution in [1.29, 1.82) is 0 Å². The van der Waals surface area contributed by atoms with Gasteiger partial charge in [-0.05, 0) is 25.0 Å². The average molecular weight is 520 g/mol. The highest BCUT2D eigenvalue weighted by atomic mass is 127. The van der Waals surface area contributed by atoms with Gasteiger partial charge in [-0.15, -0.1) is 35.7 Å². The number of piperazine rings is 1. The molecule has 1 aromatic rings. The van der Waals surface area contributed by atoms with E-state index < -0.39 is 0 Å². The first kappa shape index (κ1) is 24.9. The number of hydrogen-bond donors (Lipinski definition) is 1. The third-order valence-corrected chi connectivity index (χ3v) is 5.89. The number of carbonyl (C=O) groups excluding carboxylic acids is 1. The minimum atomic E-state index is 0. The Kier molecular flexibility index (Phi) is 11.7. The molecule has 1 N–H and O–H groups in total. The molecule has 1 atom stereocenters. The van der Waals surface area contributed by atoms with Crippen LogP contribution in [0.2, 0.25) is 0 Å². The van der Waals surface area contributed by atoms with Gasteiger partial charge in [-0.25, -0.2) is 0 Å². The maximum Gasteiger partial charge on any atom is 0.219 e. The van der Waals surface area contributed by atoms with Crippen LogP contribution in [0.3, 0.4) is 0 Å². The molecule has 1 aromatic carbocycles. The standard InChI is InChI=1S/C20H32N4O2S.HI/c1-5-21-20(24-12-10-23(11-13-24)17(3)25)22-14-16(2)15-27-19-9-7-6-8-18(19)26-4;/h6-9,16H,5,10-15H2,1-4H3,(H,21,22);1H. The molecule has 158 valence electrons. The molecule has 2 rings (SSSR count). The molecule has 1 unspecified atom stereocenters. The van der Waals surface area contributed by atoms with E-state index in [1.165, 1.54) is 4.90 Å². The minimum absolute atomic E-state index is 0. The number of amides is 1. The maximum absolute atomic E-state index is 11.5. The zero-order valence-corrected chi connectivity index (χ0v) is 20.5. The summed E-state index contributed by atoms with van der Waals surface area (Å²) in [6, 6.07) is 8.12. The van der Waals surface area contributed by atoms with Crippen LogP contribution in [0.1, 0.15) is 20.8 Å². The molecule has 8 heteroatoms. The highest BCUT2D eigenvalue weighted by Gasteiger charge is 2.21. The van der Waals surface area contributed by atoms with E-state index in [4.69, 9.17) is 9.73 Å². The molecular formula is C20H33IN4O2S. The van der Waals surface area contributed by atoms with Crippen LogP contribution in [-0.2, 0) is 4.79 Å². The summed E-state index contributed by atoms with van der Waals surface area (Å²) in [5.41, 5.74) is 0. The molecular weight excluding hydrogens is 487 g/mol. The zero-order chi connectivity index (χ0) is 19.6. The molecule has 0 bridgehead atoms. The molecule has 1 fully saturated rings. The lowest BCUT2D eigenvalue weighted by atomic mass is 10.2. The molecule has 1 amide bonds. The second-order valence-corrected chi connectivity index (χ2v) is 7.82. The molecule has 0 aliphatic carbocycles. The highest BCUT2D eigenvalue weighted by Crippen LogP contribution is 2.30. The monoisotopic (exact) mass is 520 g/mol. The number of methoxy groups -OCH3 is 1. The first-order valence-electron chi connectivity index (χ1n) is 9.59. The zero-order valence-electron chi connectivity index (χ0n) is 17.3. The number of nitrogens with one attached hydrogen (secondary N) is 1. The SMILES string of the molecule is CCNC(=NCC(C)CSc1ccccc1OC)N1CCN(C(C)=O)CC1.I. The number of thioether (sulfide) groups is 1. The van der Waals surface area contributed by atoms with Crippen LogP contribution >= 0.6 is 35.7 Å². The topological polar surface area (TPSA) is 57.2 Å². The van der Waals surface area contributed by atoms with Gasteiger partial charge < -0.3 is 19.9 Å². The second kappa shape index (κ2) is 13.1. The fourth-order valence-electron chi connectivity index (χ4n) is 2.92. The minimum Gasteiger partial charge on any atom is -0.496 e. The predicted molar refractivity (Wildman–Crippen MR) is 128 cm³/mol. The molecule has 0 saturated carbocycles. The predicted octanol–water partition coefficient (Wildman–Crippen LogP) is 3.17. The molecule has 6 nitrogen and oxygen atoms in total. The first-order chi connectivity index (χ1) is 13.0. The van der Waals surface area contributed by atoms with Gasteiger partial charge in [0.2, 0.25) is 5.91 Å². The van der Waals surface area contributed by atoms with Gasteiger partial charge in [0.15, 0.2) is 5.96 Å². The van der Waals surface area contributed by atoms with Crippen molar-refractivity contribution in [3.63, 3.8) is 0 Å². The Hall–Kier alpha value is -1.16. The molecule has 0 radical (unpaired) electrons. The summed E-state index contributed by atoms with van der Waals surface area (Å²) in [5, 5.41) is 3.39. The van der Waals surface area contributed by atoms with Gasteiger partial charge in [-0.1, -0.05) is 19.1 Å². The number of hydrogen-bond acceptors (Lipinski definition) is 4. The summed E-state index contributed by atoms with van der Waals surface area (Å²) >= 11 is 1.81. The summed E-state index contributed by atoms with van der Waals surface area (Å²) in [6.45, 7) is 10.7. The Morgan fingerprint density at radius 3 is 2.50 bits per heavy atom. The van der Waals surface area contributed by atoms with E-state index in [0.29, 0.717) is 5.92 Å². The lowest BCUT2D eigenvalue weighted by Crippen LogP contribution is -2.53. The Morgan fingerprint density at radius 2 is 1.89 bits per heavy atom. The molecule has 1 saturated heterocycles. The Morgan fingerprint density at radius 1 is 1.25 bits per heavy atom. The number of rotatable bonds is 7. The summed E-state index contributed by atoms with van der Waals surface area (Å²) in [4.78, 5) is 21.7. The lowest BCUT2D eigenvalue weighted by molar-refractivity contribution is -0.130. The number of ether oxygens (including phenoxy) is 1. The van der Waals surface area contributed by atoms with E-state index in [2.05, 4.69) is 30.1 Å². The Labute approximate surface area is 190 Å². The van der Waals surface area contributed by atoms with E-state index in [1.54, 1.807) is 14.0 Å². The molecule has 28 heavy (non-hydrogen) atoms. The number of halogens is 1. The van der Waals surface area contributed by atoms with Crippen LogP contribution in [0.25, 0.3) is 0 Å². The number of benzene rings is 1.